The second-order valence-corrected chi connectivity index (χ2v) is 3.18. The summed E-state index contributed by atoms with van der Waals surface area (Å²) in [5, 5.41) is 11.4. The number of carbonyl (C=O) groups excluding carboxylic acids is 1. The lowest BCUT2D eigenvalue weighted by atomic mass is 10.1. The van der Waals surface area contributed by atoms with E-state index in [9.17, 15) is 9.90 Å². The summed E-state index contributed by atoms with van der Waals surface area (Å²) in [6, 6.07) is 7.57. The van der Waals surface area contributed by atoms with Crippen LogP contribution in [0.15, 0.2) is 36.2 Å². The Balaban J connectivity index is 2.54. The normalized spacial score (nSPS) is 11.9. The van der Waals surface area contributed by atoms with Gasteiger partial charge in [-0.25, -0.2) is 0 Å². The number of hydrogen-bond donors (Lipinski definition) is 2. The number of carboxylic acids is 1. The third-order valence-electron chi connectivity index (χ3n) is 2.17. The first kappa shape index (κ1) is 9.33. The van der Waals surface area contributed by atoms with E-state index in [1.54, 1.807) is 6.20 Å². The van der Waals surface area contributed by atoms with Crippen LogP contribution in [0, 0.1) is 0 Å². The molecular formula is C11H9N2O2-. The average Bonchev–Trinajstić information content (AvgIpc) is 2.62. The molecule has 3 N–H and O–H groups in total. The molecule has 4 nitrogen and oxygen atoms in total. The summed E-state index contributed by atoms with van der Waals surface area (Å²) in [4.78, 5) is 13.5. The molecule has 0 saturated carbocycles. The topological polar surface area (TPSA) is 81.9 Å². The van der Waals surface area contributed by atoms with Gasteiger partial charge in [0.15, 0.2) is 0 Å². The molecule has 0 unspecified atom stereocenters. The molecule has 0 aliphatic carbocycles. The third-order valence-corrected chi connectivity index (χ3v) is 2.17. The molecule has 0 fully saturated rings. The number of benzene rings is 1. The fourth-order valence-electron chi connectivity index (χ4n) is 1.44. The molecule has 0 atom stereocenters. The molecule has 2 aromatic rings. The highest BCUT2D eigenvalue weighted by molar-refractivity contribution is 5.95. The lowest BCUT2D eigenvalue weighted by Crippen LogP contribution is -2.28. The quantitative estimate of drug-likeness (QED) is 0.682. The van der Waals surface area contributed by atoms with Crippen LogP contribution in [0.3, 0.4) is 0 Å². The van der Waals surface area contributed by atoms with Crippen LogP contribution >= 0.6 is 0 Å². The van der Waals surface area contributed by atoms with Gasteiger partial charge in [-0.2, -0.15) is 0 Å². The number of carboxylic acid groups (broad SMARTS) is 1. The van der Waals surface area contributed by atoms with Gasteiger partial charge in [0.2, 0.25) is 0 Å². The molecule has 15 heavy (non-hydrogen) atoms. The Morgan fingerprint density at radius 3 is 2.87 bits per heavy atom. The lowest BCUT2D eigenvalue weighted by molar-refractivity contribution is -0.299. The molecule has 0 bridgehead atoms. The number of H-pyrrole nitrogens is 1. The second-order valence-electron chi connectivity index (χ2n) is 3.18. The van der Waals surface area contributed by atoms with E-state index >= 15 is 0 Å². The number of aromatic amines is 1. The molecule has 1 aromatic heterocycles. The first-order chi connectivity index (χ1) is 7.18. The number of para-hydroxylation sites is 1. The van der Waals surface area contributed by atoms with E-state index in [4.69, 9.17) is 5.73 Å². The van der Waals surface area contributed by atoms with Crippen LogP contribution in [0.4, 0.5) is 0 Å². The molecular weight excluding hydrogens is 192 g/mol. The van der Waals surface area contributed by atoms with Crippen LogP contribution in [0.1, 0.15) is 5.56 Å². The average molecular weight is 201 g/mol. The number of fused-ring (bicyclic) bond motifs is 1. The van der Waals surface area contributed by atoms with E-state index in [0.717, 1.165) is 16.5 Å². The molecule has 0 amide bonds. The van der Waals surface area contributed by atoms with Gasteiger partial charge in [-0.3, -0.25) is 0 Å². The Bertz CT molecular complexity index is 540. The van der Waals surface area contributed by atoms with Crippen molar-refractivity contribution in [2.24, 2.45) is 5.73 Å². The Labute approximate surface area is 86.0 Å². The van der Waals surface area contributed by atoms with E-state index in [2.05, 4.69) is 4.98 Å². The van der Waals surface area contributed by atoms with Gasteiger partial charge in [-0.05, 0) is 12.1 Å². The predicted octanol–water partition coefficient (Wildman–Crippen LogP) is 0.217. The zero-order valence-electron chi connectivity index (χ0n) is 7.86. The van der Waals surface area contributed by atoms with Gasteiger partial charge < -0.3 is 20.6 Å². The highest BCUT2D eigenvalue weighted by Gasteiger charge is 2.00. The lowest BCUT2D eigenvalue weighted by Gasteiger charge is -2.00. The number of aromatic nitrogens is 1. The second kappa shape index (κ2) is 3.49. The van der Waals surface area contributed by atoms with Crippen LogP contribution < -0.4 is 10.8 Å². The Kier molecular flexibility index (Phi) is 2.17. The molecule has 0 saturated heterocycles. The van der Waals surface area contributed by atoms with Crippen LogP contribution in [0.25, 0.3) is 17.0 Å². The number of nitrogens with two attached hydrogens (primary N) is 1. The summed E-state index contributed by atoms with van der Waals surface area (Å²) in [7, 11) is 0. The summed E-state index contributed by atoms with van der Waals surface area (Å²) < 4.78 is 0. The van der Waals surface area contributed by atoms with Crippen molar-refractivity contribution in [2.45, 2.75) is 0 Å². The minimum atomic E-state index is -1.36. The van der Waals surface area contributed by atoms with E-state index in [0.29, 0.717) is 0 Å². The van der Waals surface area contributed by atoms with Gasteiger partial charge in [-0.1, -0.05) is 18.2 Å². The molecule has 1 aromatic carbocycles. The van der Waals surface area contributed by atoms with Gasteiger partial charge in [0.25, 0.3) is 0 Å². The Hall–Kier alpha value is -2.23. The number of carbonyl (C=O) groups is 1. The maximum Gasteiger partial charge on any atom is 0.0872 e. The fraction of sp³-hybridized carbons (Fsp3) is 0. The van der Waals surface area contributed by atoms with Gasteiger partial charge in [0.1, 0.15) is 0 Å². The highest BCUT2D eigenvalue weighted by Crippen LogP contribution is 2.19. The van der Waals surface area contributed by atoms with Crippen molar-refractivity contribution in [2.75, 3.05) is 0 Å². The van der Waals surface area contributed by atoms with Crippen molar-refractivity contribution in [3.05, 3.63) is 41.7 Å². The number of aliphatic carboxylic acids is 1. The van der Waals surface area contributed by atoms with Crippen molar-refractivity contribution >= 4 is 22.9 Å². The Morgan fingerprint density at radius 1 is 1.40 bits per heavy atom. The molecule has 0 spiro atoms. The van der Waals surface area contributed by atoms with E-state index < -0.39 is 5.97 Å². The fourth-order valence-corrected chi connectivity index (χ4v) is 1.44. The van der Waals surface area contributed by atoms with Crippen molar-refractivity contribution in [1.29, 1.82) is 0 Å². The Morgan fingerprint density at radius 2 is 2.13 bits per heavy atom. The number of hydrogen-bond acceptors (Lipinski definition) is 3. The summed E-state index contributed by atoms with van der Waals surface area (Å²) in [6.07, 6.45) is 3.09. The molecule has 76 valence electrons. The van der Waals surface area contributed by atoms with E-state index in [1.165, 1.54) is 6.08 Å². The van der Waals surface area contributed by atoms with Crippen molar-refractivity contribution in [3.8, 4) is 0 Å². The monoisotopic (exact) mass is 201 g/mol. The molecule has 0 aliphatic rings. The zero-order valence-corrected chi connectivity index (χ0v) is 7.86. The van der Waals surface area contributed by atoms with Crippen LogP contribution in [0.2, 0.25) is 0 Å². The number of rotatable bonds is 2. The predicted molar refractivity (Wildman–Crippen MR) is 55.5 cm³/mol. The van der Waals surface area contributed by atoms with Crippen LogP contribution in [-0.4, -0.2) is 11.0 Å². The van der Waals surface area contributed by atoms with Gasteiger partial charge in [0, 0.05) is 22.7 Å². The largest absolute Gasteiger partial charge is 0.543 e. The van der Waals surface area contributed by atoms with Crippen molar-refractivity contribution in [1.82, 2.24) is 4.98 Å². The summed E-state index contributed by atoms with van der Waals surface area (Å²) in [5.41, 5.74) is 6.69. The van der Waals surface area contributed by atoms with Gasteiger partial charge in [0.05, 0.1) is 11.7 Å². The first-order valence-electron chi connectivity index (χ1n) is 4.43. The molecule has 0 aliphatic heterocycles. The maximum absolute atomic E-state index is 10.4. The minimum Gasteiger partial charge on any atom is -0.543 e. The van der Waals surface area contributed by atoms with Crippen molar-refractivity contribution in [3.63, 3.8) is 0 Å². The van der Waals surface area contributed by atoms with Gasteiger partial charge in [-0.15, -0.1) is 0 Å². The minimum absolute atomic E-state index is 0.278. The zero-order chi connectivity index (χ0) is 10.8. The van der Waals surface area contributed by atoms with Crippen LogP contribution in [0.5, 0.6) is 0 Å². The van der Waals surface area contributed by atoms with Crippen LogP contribution in [-0.2, 0) is 4.79 Å². The smallest absolute Gasteiger partial charge is 0.0872 e. The summed E-state index contributed by atoms with van der Waals surface area (Å²) >= 11 is 0. The summed E-state index contributed by atoms with van der Waals surface area (Å²) in [5.74, 6) is -1.36. The third kappa shape index (κ3) is 1.69. The first-order valence-corrected chi connectivity index (χ1v) is 4.43. The van der Waals surface area contributed by atoms with E-state index in [-0.39, 0.29) is 5.70 Å². The molecule has 4 heteroatoms. The maximum atomic E-state index is 10.4. The molecule has 2 rings (SSSR count). The highest BCUT2D eigenvalue weighted by atomic mass is 16.4. The number of nitrogens with one attached hydrogen (secondary N) is 1. The van der Waals surface area contributed by atoms with E-state index in [1.807, 2.05) is 24.3 Å². The molecule has 0 radical (unpaired) electrons. The SMILES string of the molecule is N/C(=C/c1c[nH]c2ccccc12)C(=O)[O-]. The molecule has 1 heterocycles. The standard InChI is InChI=1S/C11H10N2O2/c12-9(11(14)15)5-7-6-13-10-4-2-1-3-8(7)10/h1-6,13H,12H2,(H,14,15)/p-1/b9-5+. The summed E-state index contributed by atoms with van der Waals surface area (Å²) in [6.45, 7) is 0. The van der Waals surface area contributed by atoms with Gasteiger partial charge >= 0.3 is 0 Å². The van der Waals surface area contributed by atoms with Crippen molar-refractivity contribution < 1.29 is 9.90 Å².